The number of hydrogen-bond donors (Lipinski definition) is 2. The topological polar surface area (TPSA) is 76.0 Å². The molecule has 2 rings (SSSR count). The minimum atomic E-state index is -2.96. The Labute approximate surface area is 131 Å². The molecule has 0 aromatic heterocycles. The van der Waals surface area contributed by atoms with Crippen LogP contribution >= 0.6 is 7.49 Å². The first-order valence-electron chi connectivity index (χ1n) is 7.17. The first-order valence-corrected chi connectivity index (χ1v) is 8.98. The molecule has 2 unspecified atom stereocenters. The van der Waals surface area contributed by atoms with Crippen LogP contribution in [0, 0.1) is 5.41 Å². The molecule has 122 valence electrons. The van der Waals surface area contributed by atoms with E-state index in [-0.39, 0.29) is 0 Å². The molecule has 0 amide bonds. The van der Waals surface area contributed by atoms with Gasteiger partial charge in [0.05, 0.1) is 7.11 Å². The van der Waals surface area contributed by atoms with Crippen LogP contribution in [0.2, 0.25) is 0 Å². The van der Waals surface area contributed by atoms with Gasteiger partial charge in [0.25, 0.3) is 5.85 Å². The number of carboxylic acid groups (broad SMARTS) is 1. The van der Waals surface area contributed by atoms with E-state index in [0.717, 1.165) is 0 Å². The highest BCUT2D eigenvalue weighted by Gasteiger charge is 2.71. The maximum Gasteiger partial charge on any atom is 0.317 e. The lowest BCUT2D eigenvalue weighted by Crippen LogP contribution is -2.45. The van der Waals surface area contributed by atoms with Crippen molar-refractivity contribution >= 4 is 18.8 Å². The van der Waals surface area contributed by atoms with E-state index in [0.29, 0.717) is 16.8 Å². The van der Waals surface area contributed by atoms with E-state index in [1.54, 1.807) is 32.0 Å². The average Bonchev–Trinajstić information content (AvgIpc) is 2.73. The quantitative estimate of drug-likeness (QED) is 0.835. The number of carboxylic acids is 1. The Hall–Kier alpha value is -1.32. The summed E-state index contributed by atoms with van der Waals surface area (Å²) in [4.78, 5) is 23.4. The van der Waals surface area contributed by atoms with Crippen molar-refractivity contribution in [2.24, 2.45) is 5.41 Å². The van der Waals surface area contributed by atoms with Crippen molar-refractivity contribution in [2.45, 2.75) is 45.6 Å². The summed E-state index contributed by atoms with van der Waals surface area (Å²) in [7, 11) is -1.42. The Bertz CT molecular complexity index is 605. The molecule has 0 radical (unpaired) electrons. The Morgan fingerprint density at radius 3 is 2.32 bits per heavy atom. The zero-order valence-corrected chi connectivity index (χ0v) is 14.8. The number of methoxy groups -OCH3 is 1. The van der Waals surface area contributed by atoms with Crippen LogP contribution in [0.4, 0.5) is 0 Å². The third kappa shape index (κ3) is 2.19. The molecule has 5 nitrogen and oxygen atoms in total. The summed E-state index contributed by atoms with van der Waals surface area (Å²) in [5, 5.41) is 9.69. The molecule has 0 saturated carbocycles. The lowest BCUT2D eigenvalue weighted by molar-refractivity contribution is -0.149. The molecule has 0 spiro atoms. The van der Waals surface area contributed by atoms with Crippen LogP contribution in [0.1, 0.15) is 34.6 Å². The lowest BCUT2D eigenvalue weighted by Gasteiger charge is -2.37. The molecular formula is C16H24O5P+. The zero-order chi connectivity index (χ0) is 16.9. The van der Waals surface area contributed by atoms with Gasteiger partial charge in [0.15, 0.2) is 11.5 Å². The van der Waals surface area contributed by atoms with Crippen LogP contribution in [-0.2, 0) is 4.79 Å². The van der Waals surface area contributed by atoms with Crippen LogP contribution < -0.4 is 14.8 Å². The molecule has 0 fully saturated rings. The number of ether oxygens (including phenoxy) is 2. The largest absolute Gasteiger partial charge is 0.492 e. The van der Waals surface area contributed by atoms with Gasteiger partial charge in [-0.2, -0.15) is 0 Å². The monoisotopic (exact) mass is 327 g/mol. The van der Waals surface area contributed by atoms with Gasteiger partial charge in [0.2, 0.25) is 12.8 Å². The molecule has 1 aromatic carbocycles. The van der Waals surface area contributed by atoms with Crippen molar-refractivity contribution in [3.63, 3.8) is 0 Å². The van der Waals surface area contributed by atoms with Crippen molar-refractivity contribution in [3.8, 4) is 11.5 Å². The van der Waals surface area contributed by atoms with Crippen LogP contribution in [0.5, 0.6) is 11.5 Å². The molecule has 0 aliphatic carbocycles. The molecule has 6 heteroatoms. The van der Waals surface area contributed by atoms with E-state index < -0.39 is 29.9 Å². The highest BCUT2D eigenvalue weighted by molar-refractivity contribution is 7.80. The second-order valence-corrected chi connectivity index (χ2v) is 10.8. The van der Waals surface area contributed by atoms with E-state index in [9.17, 15) is 14.8 Å². The lowest BCUT2D eigenvalue weighted by atomic mass is 9.95. The molecule has 1 aliphatic heterocycles. The zero-order valence-electron chi connectivity index (χ0n) is 13.9. The molecule has 2 N–H and O–H groups in total. The summed E-state index contributed by atoms with van der Waals surface area (Å²) in [6, 6.07) is 5.31. The van der Waals surface area contributed by atoms with Crippen molar-refractivity contribution < 1.29 is 24.3 Å². The van der Waals surface area contributed by atoms with E-state index in [4.69, 9.17) is 9.47 Å². The minimum absolute atomic E-state index is 0.518. The van der Waals surface area contributed by atoms with Crippen LogP contribution in [0.15, 0.2) is 18.2 Å². The molecule has 1 aliphatic rings. The SMILES string of the molecule is COc1cccc2c1[P+](O)(C(C)(C)C)C(C(C)(C)C(=O)O)O2. The first-order chi connectivity index (χ1) is 9.97. The summed E-state index contributed by atoms with van der Waals surface area (Å²) in [5.74, 6) is -0.743. The number of rotatable bonds is 3. The number of aliphatic carboxylic acids is 1. The predicted molar refractivity (Wildman–Crippen MR) is 87.4 cm³/mol. The predicted octanol–water partition coefficient (Wildman–Crippen LogP) is 2.87. The highest BCUT2D eigenvalue weighted by atomic mass is 31.2. The van der Waals surface area contributed by atoms with Gasteiger partial charge in [-0.3, -0.25) is 4.79 Å². The van der Waals surface area contributed by atoms with Gasteiger partial charge in [0, 0.05) is 0 Å². The number of carbonyl (C=O) groups is 1. The Kier molecular flexibility index (Phi) is 3.95. The van der Waals surface area contributed by atoms with Crippen molar-refractivity contribution in [3.05, 3.63) is 18.2 Å². The Morgan fingerprint density at radius 1 is 1.27 bits per heavy atom. The van der Waals surface area contributed by atoms with Gasteiger partial charge in [-0.05, 0) is 46.8 Å². The highest BCUT2D eigenvalue weighted by Crippen LogP contribution is 2.76. The first kappa shape index (κ1) is 17.0. The number of hydrogen-bond acceptors (Lipinski definition) is 4. The van der Waals surface area contributed by atoms with Crippen molar-refractivity contribution in [2.75, 3.05) is 7.11 Å². The molecule has 22 heavy (non-hydrogen) atoms. The summed E-state index contributed by atoms with van der Waals surface area (Å²) >= 11 is 0. The Balaban J connectivity index is 2.74. The summed E-state index contributed by atoms with van der Waals surface area (Å²) in [6.07, 6.45) is 0. The molecule has 0 bridgehead atoms. The van der Waals surface area contributed by atoms with E-state index >= 15 is 0 Å². The molecule has 1 heterocycles. The standard InChI is InChI=1S/C16H23O5P/c1-15(2,3)22(19)12-10(20-6)8-7-9-11(12)21-14(22)16(4,5)13(17)18/h7-9,14,19H,1-6H3/p+1. The van der Waals surface area contributed by atoms with Gasteiger partial charge < -0.3 is 14.6 Å². The van der Waals surface area contributed by atoms with Gasteiger partial charge in [-0.15, -0.1) is 0 Å². The van der Waals surface area contributed by atoms with E-state index in [1.165, 1.54) is 7.11 Å². The molecule has 1 aromatic rings. The fourth-order valence-electron chi connectivity index (χ4n) is 2.82. The smallest absolute Gasteiger partial charge is 0.317 e. The fourth-order valence-corrected chi connectivity index (χ4v) is 6.70. The van der Waals surface area contributed by atoms with Gasteiger partial charge in [-0.1, -0.05) is 6.07 Å². The van der Waals surface area contributed by atoms with E-state index in [2.05, 4.69) is 0 Å². The van der Waals surface area contributed by atoms with Gasteiger partial charge >= 0.3 is 5.97 Å². The Morgan fingerprint density at radius 2 is 1.86 bits per heavy atom. The molecular weight excluding hydrogens is 303 g/mol. The fraction of sp³-hybridized carbons (Fsp3) is 0.562. The van der Waals surface area contributed by atoms with Crippen molar-refractivity contribution in [1.82, 2.24) is 0 Å². The van der Waals surface area contributed by atoms with Gasteiger partial charge in [-0.25, -0.2) is 4.89 Å². The van der Waals surface area contributed by atoms with E-state index in [1.807, 2.05) is 20.8 Å². The number of benzene rings is 1. The maximum absolute atomic E-state index is 11.7. The molecule has 2 atom stereocenters. The van der Waals surface area contributed by atoms with Crippen molar-refractivity contribution in [1.29, 1.82) is 0 Å². The van der Waals surface area contributed by atoms with Crippen LogP contribution in [-0.4, -0.2) is 34.1 Å². The second-order valence-electron chi connectivity index (χ2n) is 7.16. The summed E-state index contributed by atoms with van der Waals surface area (Å²) in [6.45, 7) is 8.92. The number of fused-ring (bicyclic) bond motifs is 1. The average molecular weight is 327 g/mol. The van der Waals surface area contributed by atoms with Gasteiger partial charge in [0.1, 0.15) is 10.6 Å². The molecule has 0 saturated heterocycles. The minimum Gasteiger partial charge on any atom is -0.492 e. The maximum atomic E-state index is 11.7. The van der Waals surface area contributed by atoms with Crippen LogP contribution in [0.3, 0.4) is 0 Å². The third-order valence-corrected chi connectivity index (χ3v) is 8.89. The summed E-state index contributed by atoms with van der Waals surface area (Å²) in [5.41, 5.74) is -1.22. The third-order valence-electron chi connectivity index (χ3n) is 4.29. The normalized spacial score (nSPS) is 24.6. The summed E-state index contributed by atoms with van der Waals surface area (Å²) < 4.78 is 11.4. The second kappa shape index (κ2) is 5.10. The van der Waals surface area contributed by atoms with Crippen LogP contribution in [0.25, 0.3) is 0 Å².